The highest BCUT2D eigenvalue weighted by molar-refractivity contribution is 5.27. The van der Waals surface area contributed by atoms with Gasteiger partial charge >= 0.3 is 0 Å². The van der Waals surface area contributed by atoms with Crippen LogP contribution in [0.15, 0.2) is 12.1 Å². The predicted molar refractivity (Wildman–Crippen MR) is 49.6 cm³/mol. The number of nitrogens with two attached hydrogens (primary N) is 1. The lowest BCUT2D eigenvalue weighted by Crippen LogP contribution is -2.08. The highest BCUT2D eigenvalue weighted by Gasteiger charge is 2.11. The van der Waals surface area contributed by atoms with E-state index in [1.807, 2.05) is 6.92 Å². The molecule has 1 rings (SSSR count). The Balaban J connectivity index is 2.99. The minimum Gasteiger partial charge on any atom is -0.304 e. The maximum Gasteiger partial charge on any atom is 0.132 e. The van der Waals surface area contributed by atoms with Crippen molar-refractivity contribution in [2.75, 3.05) is 6.61 Å². The second-order valence-corrected chi connectivity index (χ2v) is 2.97. The van der Waals surface area contributed by atoms with Gasteiger partial charge in [0.2, 0.25) is 0 Å². The molecule has 0 aromatic heterocycles. The largest absolute Gasteiger partial charge is 0.304 e. The second-order valence-electron chi connectivity index (χ2n) is 2.97. The lowest BCUT2D eigenvalue weighted by Gasteiger charge is -2.07. The maximum atomic E-state index is 13.5. The van der Waals surface area contributed by atoms with Crippen LogP contribution in [0.4, 0.5) is 8.78 Å². The summed E-state index contributed by atoms with van der Waals surface area (Å²) < 4.78 is 26.7. The van der Waals surface area contributed by atoms with Crippen molar-refractivity contribution in [2.24, 2.45) is 5.90 Å². The molecule has 1 aromatic carbocycles. The van der Waals surface area contributed by atoms with E-state index in [2.05, 4.69) is 4.84 Å². The average Bonchev–Trinajstić information content (AvgIpc) is 2.18. The molecule has 0 aliphatic heterocycles. The SMILES string of the molecule is CCc1ccc(F)c(CCON)c1F. The summed E-state index contributed by atoms with van der Waals surface area (Å²) in [6, 6.07) is 2.73. The van der Waals surface area contributed by atoms with Gasteiger partial charge in [-0.2, -0.15) is 0 Å². The first-order valence-corrected chi connectivity index (χ1v) is 4.48. The molecule has 0 atom stereocenters. The molecule has 0 aliphatic rings. The molecule has 0 amide bonds. The summed E-state index contributed by atoms with van der Waals surface area (Å²) in [4.78, 5) is 4.30. The third-order valence-electron chi connectivity index (χ3n) is 2.12. The van der Waals surface area contributed by atoms with Gasteiger partial charge in [0.1, 0.15) is 11.6 Å². The minimum atomic E-state index is -0.545. The Morgan fingerprint density at radius 2 is 2.07 bits per heavy atom. The van der Waals surface area contributed by atoms with Gasteiger partial charge in [-0.15, -0.1) is 0 Å². The Morgan fingerprint density at radius 3 is 2.64 bits per heavy atom. The van der Waals surface area contributed by atoms with Crippen molar-refractivity contribution in [3.8, 4) is 0 Å². The number of aryl methyl sites for hydroxylation is 1. The second kappa shape index (κ2) is 5.02. The van der Waals surface area contributed by atoms with Gasteiger partial charge in [-0.3, -0.25) is 0 Å². The molecule has 0 saturated heterocycles. The van der Waals surface area contributed by atoms with E-state index >= 15 is 0 Å². The average molecular weight is 201 g/mol. The lowest BCUT2D eigenvalue weighted by atomic mass is 10.0. The zero-order valence-corrected chi connectivity index (χ0v) is 8.02. The summed E-state index contributed by atoms with van der Waals surface area (Å²) in [5, 5.41) is 0. The van der Waals surface area contributed by atoms with Gasteiger partial charge in [0, 0.05) is 12.0 Å². The molecular formula is C10H13F2NO. The summed E-state index contributed by atoms with van der Waals surface area (Å²) in [6.45, 7) is 1.93. The fraction of sp³-hybridized carbons (Fsp3) is 0.400. The molecular weight excluding hydrogens is 188 g/mol. The van der Waals surface area contributed by atoms with E-state index < -0.39 is 11.6 Å². The smallest absolute Gasteiger partial charge is 0.132 e. The van der Waals surface area contributed by atoms with Crippen LogP contribution < -0.4 is 5.90 Å². The molecule has 0 unspecified atom stereocenters. The van der Waals surface area contributed by atoms with Crippen LogP contribution in [0.25, 0.3) is 0 Å². The van der Waals surface area contributed by atoms with E-state index in [0.717, 1.165) is 0 Å². The Labute approximate surface area is 81.6 Å². The molecule has 0 bridgehead atoms. The summed E-state index contributed by atoms with van der Waals surface area (Å²) in [5.41, 5.74) is 0.563. The zero-order chi connectivity index (χ0) is 10.6. The molecule has 0 spiro atoms. The summed E-state index contributed by atoms with van der Waals surface area (Å²) in [6.07, 6.45) is 0.699. The van der Waals surface area contributed by atoms with Crippen LogP contribution in [-0.4, -0.2) is 6.61 Å². The molecule has 0 fully saturated rings. The third kappa shape index (κ3) is 2.27. The molecule has 0 aliphatic carbocycles. The van der Waals surface area contributed by atoms with Crippen LogP contribution in [0.1, 0.15) is 18.1 Å². The molecule has 0 saturated carbocycles. The van der Waals surface area contributed by atoms with Crippen molar-refractivity contribution in [1.29, 1.82) is 0 Å². The van der Waals surface area contributed by atoms with Gasteiger partial charge in [0.25, 0.3) is 0 Å². The van der Waals surface area contributed by atoms with Crippen LogP contribution in [0.5, 0.6) is 0 Å². The van der Waals surface area contributed by atoms with Crippen LogP contribution in [-0.2, 0) is 17.7 Å². The minimum absolute atomic E-state index is 0.0507. The van der Waals surface area contributed by atoms with E-state index in [-0.39, 0.29) is 18.6 Å². The molecule has 1 aromatic rings. The van der Waals surface area contributed by atoms with Crippen LogP contribution in [0.3, 0.4) is 0 Å². The molecule has 4 heteroatoms. The monoisotopic (exact) mass is 201 g/mol. The van der Waals surface area contributed by atoms with Crippen molar-refractivity contribution < 1.29 is 13.6 Å². The zero-order valence-electron chi connectivity index (χ0n) is 8.02. The van der Waals surface area contributed by atoms with E-state index in [4.69, 9.17) is 5.90 Å². The Morgan fingerprint density at radius 1 is 1.36 bits per heavy atom. The third-order valence-corrected chi connectivity index (χ3v) is 2.12. The Bertz CT molecular complexity index is 315. The van der Waals surface area contributed by atoms with Crippen molar-refractivity contribution in [3.05, 3.63) is 34.9 Å². The summed E-state index contributed by atoms with van der Waals surface area (Å²) in [7, 11) is 0. The number of hydrogen-bond donors (Lipinski definition) is 1. The van der Waals surface area contributed by atoms with Crippen molar-refractivity contribution in [1.82, 2.24) is 0 Å². The van der Waals surface area contributed by atoms with Crippen LogP contribution >= 0.6 is 0 Å². The maximum absolute atomic E-state index is 13.5. The quantitative estimate of drug-likeness (QED) is 0.756. The number of rotatable bonds is 4. The fourth-order valence-electron chi connectivity index (χ4n) is 1.31. The lowest BCUT2D eigenvalue weighted by molar-refractivity contribution is 0.140. The number of hydrogen-bond acceptors (Lipinski definition) is 2. The van der Waals surface area contributed by atoms with Crippen LogP contribution in [0.2, 0.25) is 0 Å². The number of halogens is 2. The topological polar surface area (TPSA) is 35.2 Å². The van der Waals surface area contributed by atoms with Crippen molar-refractivity contribution in [3.63, 3.8) is 0 Å². The summed E-state index contributed by atoms with van der Waals surface area (Å²) >= 11 is 0. The van der Waals surface area contributed by atoms with Gasteiger partial charge in [-0.25, -0.2) is 14.7 Å². The van der Waals surface area contributed by atoms with Gasteiger partial charge in [0.05, 0.1) is 6.61 Å². The normalized spacial score (nSPS) is 10.6. The Hall–Kier alpha value is -1.00. The number of benzene rings is 1. The fourth-order valence-corrected chi connectivity index (χ4v) is 1.31. The molecule has 0 radical (unpaired) electrons. The Kier molecular flexibility index (Phi) is 3.98. The first kappa shape index (κ1) is 11.1. The molecule has 2 nitrogen and oxygen atoms in total. The van der Waals surface area contributed by atoms with Crippen LogP contribution in [0, 0.1) is 11.6 Å². The summed E-state index contributed by atoms with van der Waals surface area (Å²) in [5.74, 6) is 3.78. The van der Waals surface area contributed by atoms with E-state index in [1.165, 1.54) is 12.1 Å². The van der Waals surface area contributed by atoms with E-state index in [1.54, 1.807) is 0 Å². The van der Waals surface area contributed by atoms with Gasteiger partial charge < -0.3 is 4.84 Å². The van der Waals surface area contributed by atoms with Gasteiger partial charge in [-0.1, -0.05) is 13.0 Å². The van der Waals surface area contributed by atoms with Gasteiger partial charge in [-0.05, 0) is 18.1 Å². The van der Waals surface area contributed by atoms with Gasteiger partial charge in [0.15, 0.2) is 0 Å². The first-order chi connectivity index (χ1) is 6.70. The standard InChI is InChI=1S/C10H13F2NO/c1-2-7-3-4-9(11)8(10(7)12)5-6-14-13/h3-4H,2,5-6,13H2,1H3. The molecule has 78 valence electrons. The van der Waals surface area contributed by atoms with E-state index in [0.29, 0.717) is 12.0 Å². The molecule has 0 heterocycles. The highest BCUT2D eigenvalue weighted by atomic mass is 19.1. The first-order valence-electron chi connectivity index (χ1n) is 4.48. The van der Waals surface area contributed by atoms with E-state index in [9.17, 15) is 8.78 Å². The van der Waals surface area contributed by atoms with Crippen molar-refractivity contribution >= 4 is 0 Å². The highest BCUT2D eigenvalue weighted by Crippen LogP contribution is 2.17. The molecule has 14 heavy (non-hydrogen) atoms. The molecule has 2 N–H and O–H groups in total. The predicted octanol–water partition coefficient (Wildman–Crippen LogP) is 1.96. The van der Waals surface area contributed by atoms with Crippen molar-refractivity contribution in [2.45, 2.75) is 19.8 Å².